The smallest absolute Gasteiger partial charge is 0.191 e. The van der Waals surface area contributed by atoms with Gasteiger partial charge in [-0.2, -0.15) is 0 Å². The standard InChI is InChI=1S/C21H36N4O2/c1-4-22-21(23-13-8-9-15-27-5-2)24-16-18-12-14-25(17-18)19-10-6-7-11-20(19)26-3/h6-7,10-11,18H,4-5,8-9,12-17H2,1-3H3,(H2,22,23,24). The number of guanidine groups is 1. The minimum Gasteiger partial charge on any atom is -0.495 e. The predicted octanol–water partition coefficient (Wildman–Crippen LogP) is 2.89. The Kier molecular flexibility index (Phi) is 9.84. The summed E-state index contributed by atoms with van der Waals surface area (Å²) in [6, 6.07) is 8.25. The van der Waals surface area contributed by atoms with Gasteiger partial charge in [0.2, 0.25) is 0 Å². The van der Waals surface area contributed by atoms with E-state index in [2.05, 4.69) is 34.6 Å². The first kappa shape index (κ1) is 21.4. The highest BCUT2D eigenvalue weighted by atomic mass is 16.5. The van der Waals surface area contributed by atoms with E-state index in [1.54, 1.807) is 7.11 Å². The van der Waals surface area contributed by atoms with Crippen molar-refractivity contribution in [2.75, 3.05) is 57.9 Å². The van der Waals surface area contributed by atoms with E-state index in [1.807, 2.05) is 19.1 Å². The molecule has 0 aliphatic carbocycles. The first-order chi connectivity index (χ1) is 13.3. The molecule has 1 aromatic carbocycles. The maximum atomic E-state index is 5.50. The summed E-state index contributed by atoms with van der Waals surface area (Å²) in [7, 11) is 1.74. The number of para-hydroxylation sites is 2. The Balaban J connectivity index is 1.78. The number of hydrogen-bond acceptors (Lipinski definition) is 4. The van der Waals surface area contributed by atoms with Crippen LogP contribution in [0.1, 0.15) is 33.1 Å². The first-order valence-electron chi connectivity index (χ1n) is 10.3. The Hall–Kier alpha value is -1.95. The SMILES string of the molecule is CCNC(=NCC1CCN(c2ccccc2OC)C1)NCCCCOCC. The van der Waals surface area contributed by atoms with E-state index in [0.717, 1.165) is 76.9 Å². The quantitative estimate of drug-likeness (QED) is 0.353. The van der Waals surface area contributed by atoms with Gasteiger partial charge in [0.05, 0.1) is 12.8 Å². The highest BCUT2D eigenvalue weighted by molar-refractivity contribution is 5.79. The Morgan fingerprint density at radius 3 is 2.85 bits per heavy atom. The van der Waals surface area contributed by atoms with Gasteiger partial charge in [0.15, 0.2) is 5.96 Å². The minimum atomic E-state index is 0.573. The summed E-state index contributed by atoms with van der Waals surface area (Å²) >= 11 is 0. The Morgan fingerprint density at radius 1 is 1.22 bits per heavy atom. The zero-order valence-corrected chi connectivity index (χ0v) is 17.2. The predicted molar refractivity (Wildman–Crippen MR) is 113 cm³/mol. The van der Waals surface area contributed by atoms with Crippen molar-refractivity contribution >= 4 is 11.6 Å². The summed E-state index contributed by atoms with van der Waals surface area (Å²) in [4.78, 5) is 7.22. The third kappa shape index (κ3) is 7.29. The molecular formula is C21H36N4O2. The van der Waals surface area contributed by atoms with Crippen LogP contribution in [-0.4, -0.2) is 59.0 Å². The number of methoxy groups -OCH3 is 1. The van der Waals surface area contributed by atoms with Gasteiger partial charge in [0.1, 0.15) is 5.75 Å². The fourth-order valence-corrected chi connectivity index (χ4v) is 3.33. The molecule has 1 aromatic rings. The lowest BCUT2D eigenvalue weighted by Gasteiger charge is -2.21. The van der Waals surface area contributed by atoms with Crippen LogP contribution in [0, 0.1) is 5.92 Å². The third-order valence-corrected chi connectivity index (χ3v) is 4.78. The van der Waals surface area contributed by atoms with Gasteiger partial charge in [-0.15, -0.1) is 0 Å². The van der Waals surface area contributed by atoms with Crippen molar-refractivity contribution in [3.05, 3.63) is 24.3 Å². The number of nitrogens with one attached hydrogen (secondary N) is 2. The van der Waals surface area contributed by atoms with Gasteiger partial charge in [-0.3, -0.25) is 4.99 Å². The van der Waals surface area contributed by atoms with Crippen molar-refractivity contribution in [1.82, 2.24) is 10.6 Å². The molecule has 1 aliphatic rings. The van der Waals surface area contributed by atoms with E-state index in [0.29, 0.717) is 5.92 Å². The van der Waals surface area contributed by atoms with E-state index >= 15 is 0 Å². The second-order valence-electron chi connectivity index (χ2n) is 6.82. The molecule has 1 fully saturated rings. The van der Waals surface area contributed by atoms with Gasteiger partial charge in [0, 0.05) is 45.9 Å². The van der Waals surface area contributed by atoms with Crippen LogP contribution >= 0.6 is 0 Å². The van der Waals surface area contributed by atoms with Crippen molar-refractivity contribution in [1.29, 1.82) is 0 Å². The van der Waals surface area contributed by atoms with Crippen LogP contribution in [0.25, 0.3) is 0 Å². The molecular weight excluding hydrogens is 340 g/mol. The number of aliphatic imine (C=N–C) groups is 1. The third-order valence-electron chi connectivity index (χ3n) is 4.78. The van der Waals surface area contributed by atoms with E-state index < -0.39 is 0 Å². The molecule has 27 heavy (non-hydrogen) atoms. The van der Waals surface area contributed by atoms with Crippen LogP contribution in [0.3, 0.4) is 0 Å². The van der Waals surface area contributed by atoms with Gasteiger partial charge in [-0.25, -0.2) is 0 Å². The summed E-state index contributed by atoms with van der Waals surface area (Å²) < 4.78 is 10.9. The monoisotopic (exact) mass is 376 g/mol. The lowest BCUT2D eigenvalue weighted by molar-refractivity contribution is 0.143. The number of hydrogen-bond donors (Lipinski definition) is 2. The maximum Gasteiger partial charge on any atom is 0.191 e. The molecule has 1 aliphatic heterocycles. The summed E-state index contributed by atoms with van der Waals surface area (Å²) in [6.45, 7) is 10.5. The molecule has 2 N–H and O–H groups in total. The van der Waals surface area contributed by atoms with Crippen molar-refractivity contribution in [3.8, 4) is 5.75 Å². The highest BCUT2D eigenvalue weighted by Crippen LogP contribution is 2.31. The molecule has 0 aromatic heterocycles. The molecule has 6 nitrogen and oxygen atoms in total. The zero-order chi connectivity index (χ0) is 19.3. The zero-order valence-electron chi connectivity index (χ0n) is 17.2. The molecule has 6 heteroatoms. The van der Waals surface area contributed by atoms with Crippen LogP contribution in [0.5, 0.6) is 5.75 Å². The lowest BCUT2D eigenvalue weighted by Crippen LogP contribution is -2.38. The summed E-state index contributed by atoms with van der Waals surface area (Å²) in [5, 5.41) is 6.78. The molecule has 1 heterocycles. The molecule has 1 atom stereocenters. The Bertz CT molecular complexity index is 565. The normalized spacial score (nSPS) is 17.2. The molecule has 2 rings (SSSR count). The van der Waals surface area contributed by atoms with Gasteiger partial charge in [0.25, 0.3) is 0 Å². The number of nitrogens with zero attached hydrogens (tertiary/aromatic N) is 2. The van der Waals surface area contributed by atoms with E-state index in [1.165, 1.54) is 5.69 Å². The number of anilines is 1. The van der Waals surface area contributed by atoms with Crippen molar-refractivity contribution in [3.63, 3.8) is 0 Å². The van der Waals surface area contributed by atoms with Crippen LogP contribution in [0.4, 0.5) is 5.69 Å². The summed E-state index contributed by atoms with van der Waals surface area (Å²) in [6.07, 6.45) is 3.33. The fraction of sp³-hybridized carbons (Fsp3) is 0.667. The van der Waals surface area contributed by atoms with Gasteiger partial charge in [-0.05, 0) is 51.2 Å². The van der Waals surface area contributed by atoms with Crippen molar-refractivity contribution in [2.24, 2.45) is 10.9 Å². The summed E-state index contributed by atoms with van der Waals surface area (Å²) in [5.74, 6) is 2.44. The average Bonchev–Trinajstić information content (AvgIpc) is 3.17. The van der Waals surface area contributed by atoms with Crippen molar-refractivity contribution in [2.45, 2.75) is 33.1 Å². The molecule has 1 unspecified atom stereocenters. The molecule has 1 saturated heterocycles. The second-order valence-corrected chi connectivity index (χ2v) is 6.82. The van der Waals surface area contributed by atoms with E-state index in [9.17, 15) is 0 Å². The Labute approximate surface area is 164 Å². The Morgan fingerprint density at radius 2 is 2.07 bits per heavy atom. The van der Waals surface area contributed by atoms with Gasteiger partial charge < -0.3 is 25.0 Å². The first-order valence-corrected chi connectivity index (χ1v) is 10.3. The summed E-state index contributed by atoms with van der Waals surface area (Å²) in [5.41, 5.74) is 1.19. The second kappa shape index (κ2) is 12.4. The molecule has 0 amide bonds. The average molecular weight is 377 g/mol. The molecule has 0 saturated carbocycles. The van der Waals surface area contributed by atoms with Crippen LogP contribution in [0.2, 0.25) is 0 Å². The molecule has 0 spiro atoms. The minimum absolute atomic E-state index is 0.573. The number of rotatable bonds is 11. The number of benzene rings is 1. The number of unbranched alkanes of at least 4 members (excludes halogenated alkanes) is 1. The van der Waals surface area contributed by atoms with Gasteiger partial charge >= 0.3 is 0 Å². The van der Waals surface area contributed by atoms with Gasteiger partial charge in [-0.1, -0.05) is 12.1 Å². The number of ether oxygens (including phenoxy) is 2. The van der Waals surface area contributed by atoms with E-state index in [-0.39, 0.29) is 0 Å². The molecule has 152 valence electrons. The van der Waals surface area contributed by atoms with Crippen LogP contribution in [0.15, 0.2) is 29.3 Å². The maximum absolute atomic E-state index is 5.50. The highest BCUT2D eigenvalue weighted by Gasteiger charge is 2.24. The largest absolute Gasteiger partial charge is 0.495 e. The van der Waals surface area contributed by atoms with Crippen LogP contribution in [-0.2, 0) is 4.74 Å². The fourth-order valence-electron chi connectivity index (χ4n) is 3.33. The van der Waals surface area contributed by atoms with Crippen LogP contribution < -0.4 is 20.3 Å². The van der Waals surface area contributed by atoms with Crippen molar-refractivity contribution < 1.29 is 9.47 Å². The molecule has 0 radical (unpaired) electrons. The lowest BCUT2D eigenvalue weighted by atomic mass is 10.1. The topological polar surface area (TPSA) is 58.1 Å². The van der Waals surface area contributed by atoms with E-state index in [4.69, 9.17) is 14.5 Å². The molecule has 0 bridgehead atoms.